The van der Waals surface area contributed by atoms with Crippen LogP contribution in [0.3, 0.4) is 0 Å². The third-order valence-corrected chi connectivity index (χ3v) is 6.34. The molecule has 0 aromatic carbocycles. The van der Waals surface area contributed by atoms with Gasteiger partial charge in [-0.3, -0.25) is 4.90 Å². The normalized spacial score (nSPS) is 35.1. The van der Waals surface area contributed by atoms with Gasteiger partial charge in [-0.25, -0.2) is 0 Å². The summed E-state index contributed by atoms with van der Waals surface area (Å²) in [5.41, 5.74) is 0. The van der Waals surface area contributed by atoms with E-state index in [1.165, 1.54) is 77.5 Å². The van der Waals surface area contributed by atoms with Gasteiger partial charge in [0.15, 0.2) is 0 Å². The van der Waals surface area contributed by atoms with E-state index in [4.69, 9.17) is 0 Å². The fourth-order valence-corrected chi connectivity index (χ4v) is 4.85. The highest BCUT2D eigenvalue weighted by molar-refractivity contribution is 4.94. The highest BCUT2D eigenvalue weighted by Crippen LogP contribution is 2.30. The molecule has 3 aliphatic rings. The van der Waals surface area contributed by atoms with E-state index in [0.29, 0.717) is 0 Å². The molecule has 0 radical (unpaired) electrons. The van der Waals surface area contributed by atoms with E-state index in [1.54, 1.807) is 0 Å². The second kappa shape index (κ2) is 7.43. The summed E-state index contributed by atoms with van der Waals surface area (Å²) in [6, 6.07) is 2.39. The Hall–Kier alpha value is -0.120. The maximum atomic E-state index is 3.92. The van der Waals surface area contributed by atoms with E-state index < -0.39 is 0 Å². The van der Waals surface area contributed by atoms with Crippen molar-refractivity contribution in [3.05, 3.63) is 0 Å². The van der Waals surface area contributed by atoms with Crippen molar-refractivity contribution in [3.63, 3.8) is 0 Å². The molecule has 0 aromatic rings. The van der Waals surface area contributed by atoms with Crippen molar-refractivity contribution in [2.24, 2.45) is 5.92 Å². The second-order valence-electron chi connectivity index (χ2n) is 7.71. The molecule has 2 heterocycles. The van der Waals surface area contributed by atoms with Crippen LogP contribution in [0.5, 0.6) is 0 Å². The van der Waals surface area contributed by atoms with Gasteiger partial charge in [0, 0.05) is 31.2 Å². The van der Waals surface area contributed by atoms with E-state index in [0.717, 1.165) is 24.0 Å². The first kappa shape index (κ1) is 15.8. The van der Waals surface area contributed by atoms with Crippen LogP contribution in [-0.4, -0.2) is 61.2 Å². The third kappa shape index (κ3) is 3.80. The Morgan fingerprint density at radius 1 is 1.00 bits per heavy atom. The standard InChI is InChI=1S/C18H35N3/c1-3-16-13-19-18(15-7-5-4-6-8-15)14-21(16)17-9-11-20(2)12-10-17/h15-19H,3-14H2,1-2H3. The molecule has 0 amide bonds. The minimum Gasteiger partial charge on any atom is -0.311 e. The average Bonchev–Trinajstić information content (AvgIpc) is 2.56. The molecule has 2 aliphatic heterocycles. The number of hydrogen-bond acceptors (Lipinski definition) is 3. The molecular weight excluding hydrogens is 258 g/mol. The molecule has 0 aromatic heterocycles. The molecule has 2 atom stereocenters. The zero-order valence-corrected chi connectivity index (χ0v) is 14.2. The van der Waals surface area contributed by atoms with Crippen LogP contribution in [0.4, 0.5) is 0 Å². The summed E-state index contributed by atoms with van der Waals surface area (Å²) in [5.74, 6) is 0.949. The predicted molar refractivity (Wildman–Crippen MR) is 89.7 cm³/mol. The number of piperazine rings is 1. The molecule has 0 bridgehead atoms. The number of hydrogen-bond donors (Lipinski definition) is 1. The monoisotopic (exact) mass is 293 g/mol. The lowest BCUT2D eigenvalue weighted by Gasteiger charge is -2.48. The van der Waals surface area contributed by atoms with Gasteiger partial charge in [0.05, 0.1) is 0 Å². The maximum Gasteiger partial charge on any atom is 0.0224 e. The largest absolute Gasteiger partial charge is 0.311 e. The van der Waals surface area contributed by atoms with Crippen LogP contribution in [0.2, 0.25) is 0 Å². The van der Waals surface area contributed by atoms with E-state index in [-0.39, 0.29) is 0 Å². The lowest BCUT2D eigenvalue weighted by atomic mass is 9.82. The first-order chi connectivity index (χ1) is 10.3. The van der Waals surface area contributed by atoms with Gasteiger partial charge in [0.2, 0.25) is 0 Å². The smallest absolute Gasteiger partial charge is 0.0224 e. The Labute approximate surface area is 131 Å². The molecule has 3 heteroatoms. The summed E-state index contributed by atoms with van der Waals surface area (Å²) in [5, 5.41) is 3.92. The molecule has 1 N–H and O–H groups in total. The topological polar surface area (TPSA) is 18.5 Å². The van der Waals surface area contributed by atoms with Crippen molar-refractivity contribution in [1.82, 2.24) is 15.1 Å². The van der Waals surface area contributed by atoms with Crippen molar-refractivity contribution in [2.75, 3.05) is 33.2 Å². The van der Waals surface area contributed by atoms with Gasteiger partial charge >= 0.3 is 0 Å². The van der Waals surface area contributed by atoms with E-state index in [2.05, 4.69) is 29.1 Å². The number of likely N-dealkylation sites (tertiary alicyclic amines) is 1. The van der Waals surface area contributed by atoms with Crippen LogP contribution in [0.25, 0.3) is 0 Å². The zero-order chi connectivity index (χ0) is 14.7. The molecule has 1 aliphatic carbocycles. The summed E-state index contributed by atoms with van der Waals surface area (Å²) in [6.45, 7) is 7.50. The first-order valence-corrected chi connectivity index (χ1v) is 9.45. The maximum absolute atomic E-state index is 3.92. The third-order valence-electron chi connectivity index (χ3n) is 6.34. The molecule has 122 valence electrons. The fraction of sp³-hybridized carbons (Fsp3) is 1.00. The van der Waals surface area contributed by atoms with E-state index in [9.17, 15) is 0 Å². The second-order valence-corrected chi connectivity index (χ2v) is 7.71. The first-order valence-electron chi connectivity index (χ1n) is 9.45. The summed E-state index contributed by atoms with van der Waals surface area (Å²) in [7, 11) is 2.27. The Balaban J connectivity index is 1.61. The van der Waals surface area contributed by atoms with Crippen molar-refractivity contribution >= 4 is 0 Å². The van der Waals surface area contributed by atoms with Crippen molar-refractivity contribution in [3.8, 4) is 0 Å². The number of rotatable bonds is 3. The summed E-state index contributed by atoms with van der Waals surface area (Å²) in [4.78, 5) is 5.40. The lowest BCUT2D eigenvalue weighted by Crippen LogP contribution is -2.62. The van der Waals surface area contributed by atoms with Gasteiger partial charge in [-0.05, 0) is 58.2 Å². The number of nitrogens with zero attached hydrogens (tertiary/aromatic N) is 2. The van der Waals surface area contributed by atoms with Crippen LogP contribution in [0.1, 0.15) is 58.3 Å². The van der Waals surface area contributed by atoms with Gasteiger partial charge in [-0.1, -0.05) is 26.2 Å². The lowest BCUT2D eigenvalue weighted by molar-refractivity contribution is 0.0299. The Bertz CT molecular complexity index is 306. The summed E-state index contributed by atoms with van der Waals surface area (Å²) < 4.78 is 0. The molecule has 2 unspecified atom stereocenters. The van der Waals surface area contributed by atoms with Crippen LogP contribution in [0, 0.1) is 5.92 Å². The van der Waals surface area contributed by atoms with Crippen molar-refractivity contribution in [2.45, 2.75) is 76.4 Å². The van der Waals surface area contributed by atoms with Gasteiger partial charge < -0.3 is 10.2 Å². The molecule has 3 rings (SSSR count). The Morgan fingerprint density at radius 3 is 2.38 bits per heavy atom. The SMILES string of the molecule is CCC1CNC(C2CCCCC2)CN1C1CCN(C)CC1. The molecule has 0 spiro atoms. The number of nitrogens with one attached hydrogen (secondary N) is 1. The fourth-order valence-electron chi connectivity index (χ4n) is 4.85. The molecule has 21 heavy (non-hydrogen) atoms. The molecular formula is C18H35N3. The van der Waals surface area contributed by atoms with Gasteiger partial charge in [0.1, 0.15) is 0 Å². The minimum absolute atomic E-state index is 0.771. The summed E-state index contributed by atoms with van der Waals surface area (Å²) in [6.07, 6.45) is 11.4. The van der Waals surface area contributed by atoms with E-state index >= 15 is 0 Å². The quantitative estimate of drug-likeness (QED) is 0.863. The molecule has 3 nitrogen and oxygen atoms in total. The van der Waals surface area contributed by atoms with Crippen LogP contribution in [0.15, 0.2) is 0 Å². The highest BCUT2D eigenvalue weighted by atomic mass is 15.3. The average molecular weight is 293 g/mol. The van der Waals surface area contributed by atoms with E-state index in [1.807, 2.05) is 0 Å². The summed E-state index contributed by atoms with van der Waals surface area (Å²) >= 11 is 0. The molecule has 2 saturated heterocycles. The van der Waals surface area contributed by atoms with Crippen molar-refractivity contribution < 1.29 is 0 Å². The van der Waals surface area contributed by atoms with Crippen LogP contribution < -0.4 is 5.32 Å². The van der Waals surface area contributed by atoms with Gasteiger partial charge in [-0.15, -0.1) is 0 Å². The predicted octanol–water partition coefficient (Wildman–Crippen LogP) is 2.71. The highest BCUT2D eigenvalue weighted by Gasteiger charge is 2.36. The van der Waals surface area contributed by atoms with Gasteiger partial charge in [-0.2, -0.15) is 0 Å². The molecule has 3 fully saturated rings. The number of piperidine rings is 1. The zero-order valence-electron chi connectivity index (χ0n) is 14.2. The minimum atomic E-state index is 0.771. The van der Waals surface area contributed by atoms with Crippen LogP contribution >= 0.6 is 0 Å². The van der Waals surface area contributed by atoms with Crippen LogP contribution in [-0.2, 0) is 0 Å². The van der Waals surface area contributed by atoms with Gasteiger partial charge in [0.25, 0.3) is 0 Å². The van der Waals surface area contributed by atoms with Crippen molar-refractivity contribution in [1.29, 1.82) is 0 Å². The molecule has 1 saturated carbocycles. The Kier molecular flexibility index (Phi) is 5.58. The Morgan fingerprint density at radius 2 is 1.71 bits per heavy atom.